The number of hydrogen-bond acceptors (Lipinski definition) is 1. The molecule has 0 aliphatic carbocycles. The number of alkyl halides is 1. The summed E-state index contributed by atoms with van der Waals surface area (Å²) in [5, 5.41) is 1.18. The van der Waals surface area contributed by atoms with Gasteiger partial charge in [-0.15, -0.1) is 0 Å². The second-order valence-corrected chi connectivity index (χ2v) is 6.40. The maximum absolute atomic E-state index is 3.78. The Balaban J connectivity index is 0.000000547. The average molecular weight is 356 g/mol. The van der Waals surface area contributed by atoms with Gasteiger partial charge in [0, 0.05) is 17.7 Å². The zero-order chi connectivity index (χ0) is 15.4. The number of rotatable bonds is 12. The Morgan fingerprint density at radius 1 is 0.619 bits per heavy atom. The van der Waals surface area contributed by atoms with Gasteiger partial charge in [0.1, 0.15) is 0 Å². The fraction of sp³-hybridized carbons (Fsp3) is 0.737. The molecule has 1 rings (SSSR count). The summed E-state index contributed by atoms with van der Waals surface area (Å²) < 4.78 is 0. The summed E-state index contributed by atoms with van der Waals surface area (Å²) in [5.41, 5.74) is 0. The predicted octanol–water partition coefficient (Wildman–Crippen LogP) is 7.16. The molecule has 0 spiro atoms. The van der Waals surface area contributed by atoms with E-state index in [2.05, 4.69) is 27.8 Å². The minimum Gasteiger partial charge on any atom is -0.265 e. The van der Waals surface area contributed by atoms with E-state index < -0.39 is 0 Å². The highest BCUT2D eigenvalue weighted by atomic mass is 79.9. The normalized spacial score (nSPS) is 10.0. The van der Waals surface area contributed by atoms with Crippen LogP contribution in [0.1, 0.15) is 84.0 Å². The van der Waals surface area contributed by atoms with Crippen LogP contribution in [0.3, 0.4) is 0 Å². The van der Waals surface area contributed by atoms with Gasteiger partial charge in [0.15, 0.2) is 0 Å². The van der Waals surface area contributed by atoms with Crippen LogP contribution >= 0.6 is 15.9 Å². The number of pyridine rings is 1. The monoisotopic (exact) mass is 355 g/mol. The van der Waals surface area contributed by atoms with Gasteiger partial charge >= 0.3 is 0 Å². The van der Waals surface area contributed by atoms with Crippen molar-refractivity contribution < 1.29 is 0 Å². The van der Waals surface area contributed by atoms with Gasteiger partial charge in [-0.25, -0.2) is 0 Å². The Labute approximate surface area is 141 Å². The smallest absolute Gasteiger partial charge is 0.0267 e. The molecule has 0 saturated carbocycles. The molecule has 0 radical (unpaired) electrons. The first kappa shape index (κ1) is 20.6. The van der Waals surface area contributed by atoms with Crippen molar-refractivity contribution in [3.63, 3.8) is 0 Å². The first-order valence-corrected chi connectivity index (χ1v) is 9.95. The fourth-order valence-corrected chi connectivity index (χ4v) is 2.64. The minimum atomic E-state index is 1.18. The Kier molecular flexibility index (Phi) is 19.3. The highest BCUT2D eigenvalue weighted by Crippen LogP contribution is 2.11. The van der Waals surface area contributed by atoms with E-state index in [1.165, 1.54) is 82.4 Å². The summed E-state index contributed by atoms with van der Waals surface area (Å²) in [4.78, 5) is 3.78. The first-order chi connectivity index (χ1) is 10.4. The van der Waals surface area contributed by atoms with Crippen LogP contribution in [0.4, 0.5) is 0 Å². The van der Waals surface area contributed by atoms with E-state index >= 15 is 0 Å². The lowest BCUT2D eigenvalue weighted by Crippen LogP contribution is -1.82. The number of unbranched alkanes of at least 4 members (excludes halogenated alkanes) is 11. The molecule has 0 aliphatic rings. The van der Waals surface area contributed by atoms with Crippen LogP contribution in [-0.2, 0) is 0 Å². The van der Waals surface area contributed by atoms with Crippen LogP contribution in [0.5, 0.6) is 0 Å². The molecule has 0 N–H and O–H groups in total. The highest BCUT2D eigenvalue weighted by Gasteiger charge is 1.92. The summed E-state index contributed by atoms with van der Waals surface area (Å²) in [6.07, 6.45) is 20.8. The topological polar surface area (TPSA) is 12.9 Å². The van der Waals surface area contributed by atoms with Crippen molar-refractivity contribution in [3.05, 3.63) is 30.6 Å². The number of hydrogen-bond donors (Lipinski definition) is 0. The quantitative estimate of drug-likeness (QED) is 0.286. The van der Waals surface area contributed by atoms with Gasteiger partial charge in [0.25, 0.3) is 0 Å². The molecular formula is C19H34BrN. The molecule has 0 aliphatic heterocycles. The van der Waals surface area contributed by atoms with Crippen molar-refractivity contribution in [1.82, 2.24) is 4.98 Å². The van der Waals surface area contributed by atoms with Gasteiger partial charge in [-0.3, -0.25) is 4.98 Å². The highest BCUT2D eigenvalue weighted by molar-refractivity contribution is 9.09. The molecule has 0 atom stereocenters. The molecule has 0 amide bonds. The van der Waals surface area contributed by atoms with Crippen molar-refractivity contribution in [2.45, 2.75) is 84.0 Å². The third-order valence-electron chi connectivity index (χ3n) is 3.55. The fourth-order valence-electron chi connectivity index (χ4n) is 2.25. The van der Waals surface area contributed by atoms with Gasteiger partial charge in [-0.1, -0.05) is 99.5 Å². The minimum absolute atomic E-state index is 1.18. The molecule has 1 aromatic rings. The summed E-state index contributed by atoms with van der Waals surface area (Å²) in [6.45, 7) is 2.28. The van der Waals surface area contributed by atoms with Crippen molar-refractivity contribution >= 4 is 15.9 Å². The van der Waals surface area contributed by atoms with Crippen LogP contribution in [0.2, 0.25) is 0 Å². The van der Waals surface area contributed by atoms with Crippen LogP contribution in [0, 0.1) is 0 Å². The van der Waals surface area contributed by atoms with E-state index in [-0.39, 0.29) is 0 Å². The van der Waals surface area contributed by atoms with E-state index in [0.717, 1.165) is 0 Å². The summed E-state index contributed by atoms with van der Waals surface area (Å²) in [7, 11) is 0. The van der Waals surface area contributed by atoms with Crippen molar-refractivity contribution in [1.29, 1.82) is 0 Å². The Morgan fingerprint density at radius 2 is 1.05 bits per heavy atom. The molecule has 0 aromatic carbocycles. The van der Waals surface area contributed by atoms with E-state index in [0.29, 0.717) is 0 Å². The summed E-state index contributed by atoms with van der Waals surface area (Å²) >= 11 is 3.47. The number of halogens is 1. The molecular weight excluding hydrogens is 322 g/mol. The van der Waals surface area contributed by atoms with E-state index in [9.17, 15) is 0 Å². The number of aromatic nitrogens is 1. The molecule has 21 heavy (non-hydrogen) atoms. The Bertz CT molecular complexity index is 225. The van der Waals surface area contributed by atoms with Crippen LogP contribution in [0.25, 0.3) is 0 Å². The Hall–Kier alpha value is -0.370. The maximum Gasteiger partial charge on any atom is 0.0267 e. The van der Waals surface area contributed by atoms with Gasteiger partial charge in [-0.05, 0) is 18.6 Å². The van der Waals surface area contributed by atoms with Crippen LogP contribution < -0.4 is 0 Å². The van der Waals surface area contributed by atoms with Crippen molar-refractivity contribution in [3.8, 4) is 0 Å². The average Bonchev–Trinajstić information content (AvgIpc) is 2.55. The van der Waals surface area contributed by atoms with Crippen molar-refractivity contribution in [2.24, 2.45) is 0 Å². The zero-order valence-corrected chi connectivity index (χ0v) is 15.5. The molecule has 0 unspecified atom stereocenters. The predicted molar refractivity (Wildman–Crippen MR) is 99.1 cm³/mol. The molecule has 1 aromatic heterocycles. The van der Waals surface area contributed by atoms with Gasteiger partial charge < -0.3 is 0 Å². The lowest BCUT2D eigenvalue weighted by molar-refractivity contribution is 0.548. The Morgan fingerprint density at radius 3 is 1.33 bits per heavy atom. The molecule has 122 valence electrons. The van der Waals surface area contributed by atoms with E-state index in [1.54, 1.807) is 12.4 Å². The second-order valence-electron chi connectivity index (χ2n) is 5.60. The molecule has 0 saturated heterocycles. The second kappa shape index (κ2) is 19.6. The van der Waals surface area contributed by atoms with Gasteiger partial charge in [0.2, 0.25) is 0 Å². The molecule has 1 heterocycles. The largest absolute Gasteiger partial charge is 0.265 e. The molecule has 0 fully saturated rings. The van der Waals surface area contributed by atoms with Crippen molar-refractivity contribution in [2.75, 3.05) is 5.33 Å². The molecule has 2 heteroatoms. The first-order valence-electron chi connectivity index (χ1n) is 8.82. The van der Waals surface area contributed by atoms with Gasteiger partial charge in [0.05, 0.1) is 0 Å². The van der Waals surface area contributed by atoms with E-state index in [4.69, 9.17) is 0 Å². The zero-order valence-electron chi connectivity index (χ0n) is 13.9. The van der Waals surface area contributed by atoms with Crippen LogP contribution in [0.15, 0.2) is 30.6 Å². The summed E-state index contributed by atoms with van der Waals surface area (Å²) in [6, 6.07) is 5.72. The lowest BCUT2D eigenvalue weighted by Gasteiger charge is -2.01. The van der Waals surface area contributed by atoms with Gasteiger partial charge in [-0.2, -0.15) is 0 Å². The number of nitrogens with zero attached hydrogens (tertiary/aromatic N) is 1. The summed E-state index contributed by atoms with van der Waals surface area (Å²) in [5.74, 6) is 0. The lowest BCUT2D eigenvalue weighted by atomic mass is 10.1. The van der Waals surface area contributed by atoms with E-state index in [1.807, 2.05) is 18.2 Å². The standard InChI is InChI=1S/C14H29Br.C5H5N/c1-2-3-4-5-6-7-8-9-10-11-12-13-14-15;1-2-4-6-5-3-1/h2-14H2,1H3;1-5H. The molecule has 0 bridgehead atoms. The third-order valence-corrected chi connectivity index (χ3v) is 4.11. The molecule has 1 nitrogen and oxygen atoms in total. The van der Waals surface area contributed by atoms with Crippen LogP contribution in [-0.4, -0.2) is 10.3 Å². The maximum atomic E-state index is 3.78. The third kappa shape index (κ3) is 19.6. The SMILES string of the molecule is CCCCCCCCCCCCCCBr.c1ccncc1.